The van der Waals surface area contributed by atoms with E-state index in [4.69, 9.17) is 15.3 Å². The molecule has 0 bridgehead atoms. The number of nitrogens with two attached hydrogens (primary N) is 2. The number of esters is 1. The molecule has 0 saturated carbocycles. The molecular formula is C14H21N3O4. The highest BCUT2D eigenvalue weighted by Crippen LogP contribution is 2.18. The van der Waals surface area contributed by atoms with Gasteiger partial charge in [-0.3, -0.25) is 10.2 Å². The predicted octanol–water partition coefficient (Wildman–Crippen LogP) is 1.71. The molecule has 0 unspecified atom stereocenters. The van der Waals surface area contributed by atoms with E-state index >= 15 is 0 Å². The van der Waals surface area contributed by atoms with E-state index in [0.29, 0.717) is 6.42 Å². The number of nitrogens with one attached hydrogen (secondary N) is 1. The molecule has 6 N–H and O–H groups in total. The fourth-order valence-corrected chi connectivity index (χ4v) is 1.43. The Kier molecular flexibility index (Phi) is 8.99. The van der Waals surface area contributed by atoms with Gasteiger partial charge in [-0.15, -0.1) is 0 Å². The SMILES string of the molecule is CCCCCC(=O)Oc1ccccc1C(=O)O.N=C(N)N. The molecule has 0 fully saturated rings. The molecule has 1 rings (SSSR count). The van der Waals surface area contributed by atoms with Gasteiger partial charge in [0.05, 0.1) is 0 Å². The Bertz CT molecular complexity index is 485. The van der Waals surface area contributed by atoms with Crippen LogP contribution in [0.3, 0.4) is 0 Å². The van der Waals surface area contributed by atoms with E-state index in [0.717, 1.165) is 19.3 Å². The quantitative estimate of drug-likeness (QED) is 0.207. The summed E-state index contributed by atoms with van der Waals surface area (Å²) in [6.45, 7) is 2.05. The number of guanidine groups is 1. The second-order valence-corrected chi connectivity index (χ2v) is 4.19. The van der Waals surface area contributed by atoms with E-state index in [-0.39, 0.29) is 23.2 Å². The number of benzene rings is 1. The van der Waals surface area contributed by atoms with Gasteiger partial charge >= 0.3 is 11.9 Å². The summed E-state index contributed by atoms with van der Waals surface area (Å²) >= 11 is 0. The number of carbonyl (C=O) groups excluding carboxylic acids is 1. The van der Waals surface area contributed by atoms with E-state index in [2.05, 4.69) is 11.5 Å². The Balaban J connectivity index is 0.000000885. The lowest BCUT2D eigenvalue weighted by Gasteiger charge is -2.06. The predicted molar refractivity (Wildman–Crippen MR) is 79.3 cm³/mol. The number of rotatable bonds is 6. The van der Waals surface area contributed by atoms with Gasteiger partial charge in [-0.1, -0.05) is 31.9 Å². The van der Waals surface area contributed by atoms with E-state index in [1.165, 1.54) is 12.1 Å². The van der Waals surface area contributed by atoms with Gasteiger partial charge in [-0.05, 0) is 18.6 Å². The minimum absolute atomic E-state index is 0.0105. The van der Waals surface area contributed by atoms with Crippen LogP contribution in [0.15, 0.2) is 24.3 Å². The largest absolute Gasteiger partial charge is 0.478 e. The van der Waals surface area contributed by atoms with E-state index < -0.39 is 5.97 Å². The molecule has 0 aromatic heterocycles. The van der Waals surface area contributed by atoms with E-state index in [1.54, 1.807) is 12.1 Å². The van der Waals surface area contributed by atoms with Crippen LogP contribution < -0.4 is 16.2 Å². The summed E-state index contributed by atoms with van der Waals surface area (Å²) in [5.74, 6) is -1.70. The van der Waals surface area contributed by atoms with Crippen molar-refractivity contribution in [2.45, 2.75) is 32.6 Å². The van der Waals surface area contributed by atoms with Crippen LogP contribution >= 0.6 is 0 Å². The lowest BCUT2D eigenvalue weighted by atomic mass is 10.2. The normalized spacial score (nSPS) is 9.19. The first-order chi connectivity index (χ1) is 9.88. The Labute approximate surface area is 123 Å². The highest BCUT2D eigenvalue weighted by molar-refractivity contribution is 5.91. The highest BCUT2D eigenvalue weighted by atomic mass is 16.5. The van der Waals surface area contributed by atoms with Gasteiger partial charge in [0, 0.05) is 6.42 Å². The van der Waals surface area contributed by atoms with Crippen LogP contribution in [0.4, 0.5) is 0 Å². The van der Waals surface area contributed by atoms with Crippen molar-refractivity contribution >= 4 is 17.9 Å². The van der Waals surface area contributed by atoms with Crippen LogP contribution in [-0.4, -0.2) is 23.0 Å². The lowest BCUT2D eigenvalue weighted by Crippen LogP contribution is -2.20. The zero-order valence-corrected chi connectivity index (χ0v) is 12.0. The molecule has 7 nitrogen and oxygen atoms in total. The van der Waals surface area contributed by atoms with Crippen molar-refractivity contribution in [2.75, 3.05) is 0 Å². The summed E-state index contributed by atoms with van der Waals surface area (Å²) in [6, 6.07) is 6.14. The fourth-order valence-electron chi connectivity index (χ4n) is 1.43. The van der Waals surface area contributed by atoms with Crippen molar-refractivity contribution in [3.63, 3.8) is 0 Å². The maximum absolute atomic E-state index is 11.4. The Hall–Kier alpha value is -2.57. The van der Waals surface area contributed by atoms with Crippen LogP contribution in [0.5, 0.6) is 5.75 Å². The molecule has 1 aromatic carbocycles. The molecule has 0 saturated heterocycles. The summed E-state index contributed by atoms with van der Waals surface area (Å²) in [5.41, 5.74) is 8.95. The summed E-state index contributed by atoms with van der Waals surface area (Å²) in [6.07, 6.45) is 3.08. The molecule has 0 atom stereocenters. The standard InChI is InChI=1S/C13H16O4.CH5N3/c1-2-3-4-9-12(14)17-11-8-6-5-7-10(11)13(15)16;2-1(3)4/h5-8H,2-4,9H2,1H3,(H,15,16);(H5,2,3,4). The van der Waals surface area contributed by atoms with Crippen molar-refractivity contribution in [2.24, 2.45) is 11.5 Å². The van der Waals surface area contributed by atoms with Crippen molar-refractivity contribution in [1.82, 2.24) is 0 Å². The number of unbranched alkanes of at least 4 members (excludes halogenated alkanes) is 2. The van der Waals surface area contributed by atoms with Gasteiger partial charge in [0.1, 0.15) is 11.3 Å². The third-order valence-corrected chi connectivity index (χ3v) is 2.33. The highest BCUT2D eigenvalue weighted by Gasteiger charge is 2.13. The topological polar surface area (TPSA) is 139 Å². The summed E-state index contributed by atoms with van der Waals surface area (Å²) < 4.78 is 5.03. The number of hydrogen-bond donors (Lipinski definition) is 4. The number of carbonyl (C=O) groups is 2. The maximum atomic E-state index is 11.4. The van der Waals surface area contributed by atoms with Gasteiger partial charge in [-0.2, -0.15) is 0 Å². The Morgan fingerprint density at radius 3 is 2.33 bits per heavy atom. The first-order valence-corrected chi connectivity index (χ1v) is 6.51. The average molecular weight is 295 g/mol. The third kappa shape index (κ3) is 9.04. The number of hydrogen-bond acceptors (Lipinski definition) is 4. The van der Waals surface area contributed by atoms with Gasteiger partial charge in [-0.25, -0.2) is 4.79 Å². The number of carboxylic acids is 1. The molecule has 7 heteroatoms. The zero-order chi connectivity index (χ0) is 16.3. The van der Waals surface area contributed by atoms with Crippen molar-refractivity contribution in [1.29, 1.82) is 5.41 Å². The smallest absolute Gasteiger partial charge is 0.339 e. The molecule has 0 aliphatic carbocycles. The minimum atomic E-state index is -1.10. The Morgan fingerprint density at radius 2 is 1.81 bits per heavy atom. The van der Waals surface area contributed by atoms with Gasteiger partial charge in [0.25, 0.3) is 0 Å². The van der Waals surface area contributed by atoms with Crippen molar-refractivity contribution < 1.29 is 19.4 Å². The molecular weight excluding hydrogens is 274 g/mol. The van der Waals surface area contributed by atoms with Gasteiger partial charge < -0.3 is 21.3 Å². The van der Waals surface area contributed by atoms with Crippen LogP contribution in [0, 0.1) is 5.41 Å². The van der Waals surface area contributed by atoms with Crippen molar-refractivity contribution in [3.05, 3.63) is 29.8 Å². The average Bonchev–Trinajstić information content (AvgIpc) is 2.38. The first-order valence-electron chi connectivity index (χ1n) is 6.51. The third-order valence-electron chi connectivity index (χ3n) is 2.33. The summed E-state index contributed by atoms with van der Waals surface area (Å²) in [5, 5.41) is 15.0. The first kappa shape index (κ1) is 18.4. The second-order valence-electron chi connectivity index (χ2n) is 4.19. The minimum Gasteiger partial charge on any atom is -0.478 e. The summed E-state index contributed by atoms with van der Waals surface area (Å²) in [7, 11) is 0. The molecule has 0 spiro atoms. The van der Waals surface area contributed by atoms with Crippen molar-refractivity contribution in [3.8, 4) is 5.75 Å². The van der Waals surface area contributed by atoms with E-state index in [9.17, 15) is 9.59 Å². The molecule has 1 aromatic rings. The monoisotopic (exact) mass is 295 g/mol. The second kappa shape index (κ2) is 10.2. The lowest BCUT2D eigenvalue weighted by molar-refractivity contribution is -0.134. The molecule has 0 aliphatic heterocycles. The van der Waals surface area contributed by atoms with Gasteiger partial charge in [0.15, 0.2) is 5.96 Å². The number of aromatic carboxylic acids is 1. The number of para-hydroxylation sites is 1. The molecule has 0 heterocycles. The van der Waals surface area contributed by atoms with Gasteiger partial charge in [0.2, 0.25) is 0 Å². The Morgan fingerprint density at radius 1 is 1.24 bits per heavy atom. The molecule has 21 heavy (non-hydrogen) atoms. The summed E-state index contributed by atoms with van der Waals surface area (Å²) in [4.78, 5) is 22.3. The van der Waals surface area contributed by atoms with Crippen LogP contribution in [0.25, 0.3) is 0 Å². The molecule has 116 valence electrons. The molecule has 0 amide bonds. The number of carboxylic acid groups (broad SMARTS) is 1. The number of ether oxygens (including phenoxy) is 1. The van der Waals surface area contributed by atoms with Crippen LogP contribution in [0.1, 0.15) is 43.0 Å². The molecule has 0 aliphatic rings. The van der Waals surface area contributed by atoms with Crippen LogP contribution in [0.2, 0.25) is 0 Å². The fraction of sp³-hybridized carbons (Fsp3) is 0.357. The molecule has 0 radical (unpaired) electrons. The zero-order valence-electron chi connectivity index (χ0n) is 12.0. The van der Waals surface area contributed by atoms with Crippen LogP contribution in [-0.2, 0) is 4.79 Å². The van der Waals surface area contributed by atoms with E-state index in [1.807, 2.05) is 6.92 Å². The maximum Gasteiger partial charge on any atom is 0.339 e.